The fourth-order valence-electron chi connectivity index (χ4n) is 4.47. The number of halogens is 4. The molecule has 1 N–H and O–H groups in total. The molecule has 3 rings (SSSR count). The van der Waals surface area contributed by atoms with E-state index < -0.39 is 33.6 Å². The molecule has 0 bridgehead atoms. The molecule has 2 amide bonds. The van der Waals surface area contributed by atoms with E-state index in [9.17, 15) is 26.8 Å². The Balaban J connectivity index is 1.93. The van der Waals surface area contributed by atoms with Crippen molar-refractivity contribution in [2.75, 3.05) is 17.1 Å². The average molecular weight is 655 g/mol. The first kappa shape index (κ1) is 34.3. The predicted molar refractivity (Wildman–Crippen MR) is 167 cm³/mol. The van der Waals surface area contributed by atoms with Crippen molar-refractivity contribution in [3.63, 3.8) is 0 Å². The lowest BCUT2D eigenvalue weighted by Crippen LogP contribution is -2.52. The second kappa shape index (κ2) is 15.5. The highest BCUT2D eigenvalue weighted by atomic mass is 35.5. The predicted octanol–water partition coefficient (Wildman–Crippen LogP) is 6.37. The minimum absolute atomic E-state index is 0.000768. The summed E-state index contributed by atoms with van der Waals surface area (Å²) in [5, 5.41) is 3.72. The number of anilines is 1. The fraction of sp³-hybridized carbons (Fsp3) is 0.355. The first-order chi connectivity index (χ1) is 20.3. The van der Waals surface area contributed by atoms with Crippen molar-refractivity contribution in [2.45, 2.75) is 58.2 Å². The lowest BCUT2D eigenvalue weighted by Gasteiger charge is -2.33. The molecule has 0 aliphatic heterocycles. The Labute approximate surface area is 261 Å². The summed E-state index contributed by atoms with van der Waals surface area (Å²) in [6.07, 6.45) is 1.76. The van der Waals surface area contributed by atoms with Gasteiger partial charge in [0.1, 0.15) is 6.04 Å². The molecule has 0 spiro atoms. The topological polar surface area (TPSA) is 86.8 Å². The Morgan fingerprint density at radius 3 is 2.28 bits per heavy atom. The van der Waals surface area contributed by atoms with Gasteiger partial charge in [0.2, 0.25) is 21.8 Å². The molecular formula is C31H35Cl2F2N3O4S. The molecule has 3 aromatic carbocycles. The summed E-state index contributed by atoms with van der Waals surface area (Å²) in [5.41, 5.74) is 1.36. The Morgan fingerprint density at radius 2 is 1.67 bits per heavy atom. The monoisotopic (exact) mass is 653 g/mol. The van der Waals surface area contributed by atoms with Gasteiger partial charge >= 0.3 is 0 Å². The Hall–Kier alpha value is -3.21. The zero-order chi connectivity index (χ0) is 31.7. The molecule has 0 heterocycles. The van der Waals surface area contributed by atoms with Crippen LogP contribution in [0.5, 0.6) is 0 Å². The average Bonchev–Trinajstić information content (AvgIpc) is 2.95. The number of benzene rings is 3. The third kappa shape index (κ3) is 9.91. The van der Waals surface area contributed by atoms with E-state index in [0.29, 0.717) is 22.0 Å². The van der Waals surface area contributed by atoms with Crippen molar-refractivity contribution in [3.8, 4) is 0 Å². The second-order valence-electron chi connectivity index (χ2n) is 10.3. The van der Waals surface area contributed by atoms with E-state index in [1.54, 1.807) is 18.2 Å². The number of carbonyl (C=O) groups is 2. The van der Waals surface area contributed by atoms with Crippen LogP contribution in [0.2, 0.25) is 10.0 Å². The first-order valence-electron chi connectivity index (χ1n) is 13.8. The van der Waals surface area contributed by atoms with Crippen molar-refractivity contribution in [2.24, 2.45) is 0 Å². The molecule has 0 fully saturated rings. The summed E-state index contributed by atoms with van der Waals surface area (Å²) in [7, 11) is -3.89. The molecule has 43 heavy (non-hydrogen) atoms. The Kier molecular flexibility index (Phi) is 12.4. The van der Waals surface area contributed by atoms with E-state index in [1.807, 2.05) is 44.2 Å². The van der Waals surface area contributed by atoms with Crippen LogP contribution in [0.4, 0.5) is 14.5 Å². The van der Waals surface area contributed by atoms with Crippen molar-refractivity contribution in [3.05, 3.63) is 99.5 Å². The van der Waals surface area contributed by atoms with Gasteiger partial charge in [-0.2, -0.15) is 0 Å². The van der Waals surface area contributed by atoms with Crippen LogP contribution in [0.1, 0.15) is 44.2 Å². The van der Waals surface area contributed by atoms with E-state index in [-0.39, 0.29) is 50.0 Å². The van der Waals surface area contributed by atoms with Crippen molar-refractivity contribution < 1.29 is 26.8 Å². The standard InChI is InChI=1S/C31H35Cl2F2N3O4S/c1-4-21(2)36-31(40)29(17-22-9-6-5-7-10-22)37(20-23-12-13-24(32)18-26(23)33)30(39)11-8-16-38(43(3,41)42)25-14-15-27(34)28(35)19-25/h5-7,9-10,12-15,18-19,21,29H,4,8,11,16-17,20H2,1-3H3,(H,36,40). The lowest BCUT2D eigenvalue weighted by atomic mass is 10.0. The van der Waals surface area contributed by atoms with Gasteiger partial charge in [0.25, 0.3) is 0 Å². The normalized spacial score (nSPS) is 12.8. The van der Waals surface area contributed by atoms with Gasteiger partial charge < -0.3 is 10.2 Å². The molecule has 0 aliphatic rings. The zero-order valence-electron chi connectivity index (χ0n) is 24.2. The van der Waals surface area contributed by atoms with Gasteiger partial charge in [-0.05, 0) is 55.2 Å². The molecule has 0 aliphatic carbocycles. The van der Waals surface area contributed by atoms with Crippen LogP contribution in [0.15, 0.2) is 66.7 Å². The minimum atomic E-state index is -3.89. The highest BCUT2D eigenvalue weighted by molar-refractivity contribution is 7.92. The minimum Gasteiger partial charge on any atom is -0.352 e. The van der Waals surface area contributed by atoms with E-state index in [1.165, 1.54) is 4.90 Å². The third-order valence-electron chi connectivity index (χ3n) is 6.97. The van der Waals surface area contributed by atoms with Crippen molar-refractivity contribution in [1.29, 1.82) is 0 Å². The van der Waals surface area contributed by atoms with Gasteiger partial charge in [-0.15, -0.1) is 0 Å². The quantitative estimate of drug-likeness (QED) is 0.219. The maximum atomic E-state index is 13.9. The summed E-state index contributed by atoms with van der Waals surface area (Å²) >= 11 is 12.6. The molecule has 12 heteroatoms. The Bertz CT molecular complexity index is 1530. The summed E-state index contributed by atoms with van der Waals surface area (Å²) in [6, 6.07) is 15.9. The Morgan fingerprint density at radius 1 is 0.977 bits per heavy atom. The summed E-state index contributed by atoms with van der Waals surface area (Å²) in [5.74, 6) is -3.05. The molecule has 0 radical (unpaired) electrons. The van der Waals surface area contributed by atoms with E-state index in [0.717, 1.165) is 34.3 Å². The van der Waals surface area contributed by atoms with E-state index >= 15 is 0 Å². The summed E-state index contributed by atoms with van der Waals surface area (Å²) in [6.45, 7) is 3.64. The van der Waals surface area contributed by atoms with Gasteiger partial charge in [0.15, 0.2) is 11.6 Å². The largest absolute Gasteiger partial charge is 0.352 e. The van der Waals surface area contributed by atoms with E-state index in [2.05, 4.69) is 5.32 Å². The molecule has 2 unspecified atom stereocenters. The first-order valence-corrected chi connectivity index (χ1v) is 16.4. The maximum Gasteiger partial charge on any atom is 0.243 e. The number of sulfonamides is 1. The van der Waals surface area contributed by atoms with Crippen LogP contribution >= 0.6 is 23.2 Å². The number of nitrogens with zero attached hydrogens (tertiary/aromatic N) is 2. The van der Waals surface area contributed by atoms with Crippen LogP contribution in [0.3, 0.4) is 0 Å². The van der Waals surface area contributed by atoms with Crippen LogP contribution < -0.4 is 9.62 Å². The molecule has 0 saturated heterocycles. The van der Waals surface area contributed by atoms with Crippen molar-refractivity contribution in [1.82, 2.24) is 10.2 Å². The number of nitrogens with one attached hydrogen (secondary N) is 1. The van der Waals surface area contributed by atoms with Gasteiger partial charge in [-0.3, -0.25) is 13.9 Å². The van der Waals surface area contributed by atoms with E-state index in [4.69, 9.17) is 23.2 Å². The molecule has 3 aromatic rings. The number of hydrogen-bond donors (Lipinski definition) is 1. The van der Waals surface area contributed by atoms with Crippen molar-refractivity contribution >= 4 is 50.7 Å². The lowest BCUT2D eigenvalue weighted by molar-refractivity contribution is -0.141. The molecule has 0 saturated carbocycles. The fourth-order valence-corrected chi connectivity index (χ4v) is 5.90. The number of rotatable bonds is 14. The SMILES string of the molecule is CCC(C)NC(=O)C(Cc1ccccc1)N(Cc1ccc(Cl)cc1Cl)C(=O)CCCN(c1ccc(F)c(F)c1)S(C)(=O)=O. The third-order valence-corrected chi connectivity index (χ3v) is 8.75. The number of amides is 2. The zero-order valence-corrected chi connectivity index (χ0v) is 26.5. The molecule has 0 aromatic heterocycles. The van der Waals surface area contributed by atoms with Crippen LogP contribution in [0, 0.1) is 11.6 Å². The smallest absolute Gasteiger partial charge is 0.243 e. The molecular weight excluding hydrogens is 619 g/mol. The molecule has 232 valence electrons. The molecule has 7 nitrogen and oxygen atoms in total. The van der Waals surface area contributed by atoms with Gasteiger partial charge in [0.05, 0.1) is 11.9 Å². The van der Waals surface area contributed by atoms with Gasteiger partial charge in [-0.25, -0.2) is 17.2 Å². The number of carbonyl (C=O) groups excluding carboxylic acids is 2. The molecule has 2 atom stereocenters. The summed E-state index contributed by atoms with van der Waals surface area (Å²) < 4.78 is 53.3. The summed E-state index contributed by atoms with van der Waals surface area (Å²) in [4.78, 5) is 29.0. The highest BCUT2D eigenvalue weighted by Gasteiger charge is 2.31. The van der Waals surface area contributed by atoms with Gasteiger partial charge in [-0.1, -0.05) is 66.5 Å². The van der Waals surface area contributed by atoms with Gasteiger partial charge in [0, 0.05) is 48.1 Å². The number of hydrogen-bond acceptors (Lipinski definition) is 4. The highest BCUT2D eigenvalue weighted by Crippen LogP contribution is 2.26. The van der Waals surface area contributed by atoms with Crippen LogP contribution in [-0.2, 0) is 32.6 Å². The van der Waals surface area contributed by atoms with Crippen LogP contribution in [0.25, 0.3) is 0 Å². The van der Waals surface area contributed by atoms with Crippen LogP contribution in [-0.4, -0.2) is 50.0 Å². The second-order valence-corrected chi connectivity index (χ2v) is 13.1. The maximum absolute atomic E-state index is 13.9.